The number of aromatic nitrogens is 2. The van der Waals surface area contributed by atoms with E-state index in [1.54, 1.807) is 44.2 Å². The molecule has 0 radical (unpaired) electrons. The Balaban J connectivity index is 1.79. The molecule has 5 atom stereocenters. The molecule has 0 spiro atoms. The lowest BCUT2D eigenvalue weighted by Gasteiger charge is -2.31. The van der Waals surface area contributed by atoms with E-state index in [-0.39, 0.29) is 6.61 Å². The van der Waals surface area contributed by atoms with Crippen LogP contribution in [0.5, 0.6) is 0 Å². The summed E-state index contributed by atoms with van der Waals surface area (Å²) in [6, 6.07) is 8.24. The van der Waals surface area contributed by atoms with Crippen LogP contribution >= 0.6 is 7.82 Å². The van der Waals surface area contributed by atoms with Gasteiger partial charge in [-0.15, -0.1) is 0 Å². The minimum Gasteiger partial charge on any atom is -0.445 e. The minimum absolute atomic E-state index is 0.0963. The van der Waals surface area contributed by atoms with E-state index in [1.807, 2.05) is 0 Å². The second kappa shape index (κ2) is 21.4. The summed E-state index contributed by atoms with van der Waals surface area (Å²) in [5, 5.41) is 25.0. The van der Waals surface area contributed by atoms with Gasteiger partial charge >= 0.3 is 37.9 Å². The second-order valence-corrected chi connectivity index (χ2v) is 15.6. The molecular formula is C35H49FN3O19P. The van der Waals surface area contributed by atoms with Crippen molar-refractivity contribution in [2.45, 2.75) is 104 Å². The van der Waals surface area contributed by atoms with E-state index >= 15 is 0 Å². The molecule has 1 amide bonds. The molecule has 1 fully saturated rings. The van der Waals surface area contributed by atoms with Crippen molar-refractivity contribution in [3.63, 3.8) is 0 Å². The average molecular weight is 866 g/mol. The molecule has 22 nitrogen and oxygen atoms in total. The maximum absolute atomic E-state index is 14.9. The molecule has 2 aromatic rings. The number of halogens is 1. The van der Waals surface area contributed by atoms with E-state index in [0.29, 0.717) is 14.7 Å². The Morgan fingerprint density at radius 2 is 1.47 bits per heavy atom. The lowest BCUT2D eigenvalue weighted by Crippen LogP contribution is -2.53. The van der Waals surface area contributed by atoms with E-state index < -0.39 is 125 Å². The van der Waals surface area contributed by atoms with Crippen LogP contribution in [0.3, 0.4) is 0 Å². The number of hydrogen-bond donors (Lipinski definition) is 3. The van der Waals surface area contributed by atoms with Gasteiger partial charge in [0.25, 0.3) is 5.56 Å². The third-order valence-corrected chi connectivity index (χ3v) is 9.41. The summed E-state index contributed by atoms with van der Waals surface area (Å²) in [6.07, 6.45) is -8.11. The van der Waals surface area contributed by atoms with Crippen LogP contribution in [-0.4, -0.2) is 106 Å². The number of alkyl halides is 1. The van der Waals surface area contributed by atoms with Gasteiger partial charge in [0.1, 0.15) is 31.0 Å². The molecule has 59 heavy (non-hydrogen) atoms. The van der Waals surface area contributed by atoms with Crippen molar-refractivity contribution in [1.82, 2.24) is 14.5 Å². The van der Waals surface area contributed by atoms with Gasteiger partial charge in [-0.3, -0.25) is 13.9 Å². The van der Waals surface area contributed by atoms with Crippen LogP contribution in [-0.2, 0) is 69.4 Å². The van der Waals surface area contributed by atoms with E-state index in [0.717, 1.165) is 19.2 Å². The number of carbonyl (C=O) groups excluding carboxylic acids is 4. The summed E-state index contributed by atoms with van der Waals surface area (Å²) in [5.41, 5.74) is -6.80. The van der Waals surface area contributed by atoms with Gasteiger partial charge in [0.2, 0.25) is 13.6 Å². The zero-order chi connectivity index (χ0) is 44.1. The van der Waals surface area contributed by atoms with Crippen molar-refractivity contribution in [1.29, 1.82) is 0 Å². The number of phosphoric ester groups is 1. The number of phosphoric acid groups is 1. The summed E-state index contributed by atoms with van der Waals surface area (Å²) in [5.74, 6) is -1.60. The Kier molecular flexibility index (Phi) is 17.6. The number of alkyl carbamates (subject to hydrolysis) is 1. The molecule has 24 heteroatoms. The second-order valence-electron chi connectivity index (χ2n) is 13.9. The van der Waals surface area contributed by atoms with Gasteiger partial charge in [0, 0.05) is 12.3 Å². The topological polar surface area (TPSA) is 274 Å². The van der Waals surface area contributed by atoms with Crippen molar-refractivity contribution in [3.8, 4) is 0 Å². The summed E-state index contributed by atoms with van der Waals surface area (Å²) in [6.45, 7) is 3.83. The van der Waals surface area contributed by atoms with Crippen LogP contribution < -0.4 is 16.6 Å². The standard InChI is InChI=1S/C35H49FN3O19P/c1-21(2)26(37-30(43)49-15-24-11-9-8-10-12-24)27(41)50-18-39-25(40)13-14-38(31(39)44)29-34(7,47)28(42)35(16-36,58-29)17-53-59(48,54-19-51-32(45)56-22(3)4)55-20-52-33(46)57-23(5)6/h8-14,21-23,26,28-29,42,47H,15-20H2,1-7H3,(H,37,43)/t26-,28-,29+,34+,35+/m0/s1. The number of esters is 1. The highest BCUT2D eigenvalue weighted by atomic mass is 31.2. The molecular weight excluding hydrogens is 816 g/mol. The first-order valence-corrected chi connectivity index (χ1v) is 19.4. The van der Waals surface area contributed by atoms with Gasteiger partial charge in [-0.25, -0.2) is 46.5 Å². The van der Waals surface area contributed by atoms with Crippen molar-refractivity contribution < 1.29 is 85.1 Å². The fraction of sp³-hybridized carbons (Fsp3) is 0.600. The largest absolute Gasteiger partial charge is 0.510 e. The van der Waals surface area contributed by atoms with Gasteiger partial charge in [-0.05, 0) is 46.1 Å². The van der Waals surface area contributed by atoms with Crippen LogP contribution in [0.1, 0.15) is 60.3 Å². The summed E-state index contributed by atoms with van der Waals surface area (Å²) in [4.78, 5) is 75.6. The zero-order valence-corrected chi connectivity index (χ0v) is 34.2. The number of nitrogens with one attached hydrogen (secondary N) is 1. The van der Waals surface area contributed by atoms with Gasteiger partial charge < -0.3 is 48.7 Å². The Bertz CT molecular complexity index is 1870. The summed E-state index contributed by atoms with van der Waals surface area (Å²) >= 11 is 0. The lowest BCUT2D eigenvalue weighted by atomic mass is 9.88. The number of carbonyl (C=O) groups is 4. The Morgan fingerprint density at radius 1 is 0.898 bits per heavy atom. The number of amides is 1. The van der Waals surface area contributed by atoms with Crippen LogP contribution in [0.2, 0.25) is 0 Å². The number of aliphatic hydroxyl groups is 2. The number of hydrogen-bond acceptors (Lipinski definition) is 19. The normalized spacial score (nSPS) is 20.9. The fourth-order valence-electron chi connectivity index (χ4n) is 5.14. The Labute approximate surface area is 336 Å². The van der Waals surface area contributed by atoms with Gasteiger partial charge in [0.15, 0.2) is 18.6 Å². The number of nitrogens with zero attached hydrogens (tertiary/aromatic N) is 2. The fourth-order valence-corrected chi connectivity index (χ4v) is 6.10. The first kappa shape index (κ1) is 48.5. The molecule has 0 unspecified atom stereocenters. The van der Waals surface area contributed by atoms with E-state index in [1.165, 1.54) is 27.7 Å². The average Bonchev–Trinajstić information content (AvgIpc) is 3.35. The summed E-state index contributed by atoms with van der Waals surface area (Å²) < 4.78 is 79.4. The lowest BCUT2D eigenvalue weighted by molar-refractivity contribution is -0.152. The highest BCUT2D eigenvalue weighted by Gasteiger charge is 2.63. The third-order valence-electron chi connectivity index (χ3n) is 8.12. The highest BCUT2D eigenvalue weighted by Crippen LogP contribution is 2.52. The smallest absolute Gasteiger partial charge is 0.445 e. The van der Waals surface area contributed by atoms with Crippen LogP contribution in [0.15, 0.2) is 52.2 Å². The van der Waals surface area contributed by atoms with E-state index in [2.05, 4.69) is 14.8 Å². The Hall–Kier alpha value is -4.90. The maximum atomic E-state index is 14.9. The monoisotopic (exact) mass is 865 g/mol. The van der Waals surface area contributed by atoms with Crippen LogP contribution in [0.25, 0.3) is 0 Å². The van der Waals surface area contributed by atoms with Gasteiger partial charge in [0.05, 0.1) is 18.8 Å². The number of benzene rings is 1. The molecule has 1 aromatic heterocycles. The van der Waals surface area contributed by atoms with Crippen molar-refractivity contribution >= 4 is 32.2 Å². The first-order chi connectivity index (χ1) is 27.6. The molecule has 0 aliphatic carbocycles. The predicted molar refractivity (Wildman–Crippen MR) is 196 cm³/mol. The maximum Gasteiger partial charge on any atom is 0.510 e. The number of rotatable bonds is 20. The van der Waals surface area contributed by atoms with Crippen LogP contribution in [0.4, 0.5) is 18.8 Å². The number of ether oxygens (including phenoxy) is 7. The number of aliphatic hydroxyl groups excluding tert-OH is 1. The summed E-state index contributed by atoms with van der Waals surface area (Å²) in [7, 11) is -5.06. The molecule has 1 aliphatic rings. The van der Waals surface area contributed by atoms with Crippen molar-refractivity contribution in [2.24, 2.45) is 5.92 Å². The van der Waals surface area contributed by atoms with Gasteiger partial charge in [-0.1, -0.05) is 44.2 Å². The quantitative estimate of drug-likeness (QED) is 0.0747. The molecule has 1 aromatic carbocycles. The van der Waals surface area contributed by atoms with Crippen molar-refractivity contribution in [2.75, 3.05) is 26.9 Å². The van der Waals surface area contributed by atoms with Gasteiger partial charge in [-0.2, -0.15) is 0 Å². The molecule has 1 saturated heterocycles. The minimum atomic E-state index is -5.06. The third kappa shape index (κ3) is 13.6. The molecule has 3 rings (SSSR count). The molecule has 0 saturated carbocycles. The molecule has 0 bridgehead atoms. The van der Waals surface area contributed by atoms with E-state index in [4.69, 9.17) is 37.3 Å². The van der Waals surface area contributed by atoms with Crippen LogP contribution in [0, 0.1) is 5.92 Å². The van der Waals surface area contributed by atoms with Crippen molar-refractivity contribution in [3.05, 3.63) is 69.0 Å². The zero-order valence-electron chi connectivity index (χ0n) is 33.3. The van der Waals surface area contributed by atoms with E-state index in [9.17, 15) is 47.9 Å². The molecule has 1 aliphatic heterocycles. The Morgan fingerprint density at radius 3 is 2.00 bits per heavy atom. The molecule has 3 N–H and O–H groups in total. The first-order valence-electron chi connectivity index (χ1n) is 17.9. The highest BCUT2D eigenvalue weighted by molar-refractivity contribution is 7.48. The molecule has 2 heterocycles. The predicted octanol–water partition coefficient (Wildman–Crippen LogP) is 3.01. The SMILES string of the molecule is CC(C)OC(=O)OCOP(=O)(OCOC(=O)OC(C)C)OC[C@@]1(CF)O[C@@H](n2ccc(=O)n(COC(=O)[C@@H](NC(=O)OCc3ccccc3)C(C)C)c2=O)[C@](C)(O)[C@@H]1O. The molecule has 330 valence electrons.